The summed E-state index contributed by atoms with van der Waals surface area (Å²) in [5, 5.41) is 2.92. The van der Waals surface area contributed by atoms with E-state index in [2.05, 4.69) is 10.1 Å². The summed E-state index contributed by atoms with van der Waals surface area (Å²) in [7, 11) is 1.27. The molecule has 7 heteroatoms. The Morgan fingerprint density at radius 1 is 1.50 bits per heavy atom. The van der Waals surface area contributed by atoms with Gasteiger partial charge in [0.15, 0.2) is 0 Å². The van der Waals surface area contributed by atoms with Crippen LogP contribution in [-0.4, -0.2) is 38.8 Å². The van der Waals surface area contributed by atoms with Crippen LogP contribution in [0.5, 0.6) is 0 Å². The third-order valence-electron chi connectivity index (χ3n) is 3.26. The molecule has 5 nitrogen and oxygen atoms in total. The molecule has 0 aromatic heterocycles. The lowest BCUT2D eigenvalue weighted by Gasteiger charge is -2.20. The molecule has 1 heterocycles. The van der Waals surface area contributed by atoms with E-state index < -0.39 is 24.4 Å². The topological polar surface area (TPSA) is 73.6 Å². The van der Waals surface area contributed by atoms with E-state index >= 15 is 0 Å². The maximum atomic E-state index is 12.8. The van der Waals surface area contributed by atoms with E-state index in [1.165, 1.54) is 25.3 Å². The van der Waals surface area contributed by atoms with Gasteiger partial charge in [0.25, 0.3) is 0 Å². The van der Waals surface area contributed by atoms with Gasteiger partial charge in [0, 0.05) is 0 Å². The molecule has 1 aliphatic rings. The monoisotopic (exact) mass is 286 g/mol. The second-order valence-corrected chi connectivity index (χ2v) is 4.58. The highest BCUT2D eigenvalue weighted by Gasteiger charge is 2.35. The minimum atomic E-state index is -2.47. The van der Waals surface area contributed by atoms with Crippen molar-refractivity contribution < 1.29 is 23.0 Å². The molecular weight excluding hydrogens is 270 g/mol. The number of methoxy groups -OCH3 is 1. The highest BCUT2D eigenvalue weighted by molar-refractivity contribution is 5.92. The average Bonchev–Trinajstić information content (AvgIpc) is 2.88. The number of hydrogen-bond donors (Lipinski definition) is 2. The number of nitrogens with two attached hydrogens (primary N) is 1. The summed E-state index contributed by atoms with van der Waals surface area (Å²) in [6, 6.07) is 4.00. The van der Waals surface area contributed by atoms with Crippen LogP contribution in [-0.2, 0) is 9.47 Å². The van der Waals surface area contributed by atoms with E-state index in [9.17, 15) is 13.6 Å². The molecular formula is C13H16F2N2O3. The quantitative estimate of drug-likeness (QED) is 0.651. The number of halogens is 2. The smallest absolute Gasteiger partial charge is 0.337 e. The van der Waals surface area contributed by atoms with Crippen molar-refractivity contribution in [2.75, 3.05) is 31.4 Å². The van der Waals surface area contributed by atoms with Crippen molar-refractivity contribution in [2.45, 2.75) is 12.5 Å². The number of alkyl halides is 2. The van der Waals surface area contributed by atoms with Crippen LogP contribution in [0, 0.1) is 5.92 Å². The molecule has 1 fully saturated rings. The SMILES string of the molecule is COC(=O)c1ccc(N)c(NC2COCC2C(F)F)c1. The van der Waals surface area contributed by atoms with Crippen molar-refractivity contribution in [2.24, 2.45) is 5.92 Å². The van der Waals surface area contributed by atoms with E-state index in [0.29, 0.717) is 16.9 Å². The molecule has 3 N–H and O–H groups in total. The van der Waals surface area contributed by atoms with Crippen molar-refractivity contribution in [3.8, 4) is 0 Å². The number of carbonyl (C=O) groups is 1. The molecule has 110 valence electrons. The molecule has 1 aromatic carbocycles. The van der Waals surface area contributed by atoms with E-state index in [-0.39, 0.29) is 13.2 Å². The van der Waals surface area contributed by atoms with Crippen molar-refractivity contribution in [1.82, 2.24) is 0 Å². The summed E-state index contributed by atoms with van der Waals surface area (Å²) in [6.07, 6.45) is -2.47. The van der Waals surface area contributed by atoms with Gasteiger partial charge in [-0.25, -0.2) is 13.6 Å². The standard InChI is InChI=1S/C13H16F2N2O3/c1-19-13(18)7-2-3-9(16)10(4-7)17-11-6-20-5-8(11)12(14)15/h2-4,8,11-12,17H,5-6,16H2,1H3. The molecule has 0 bridgehead atoms. The van der Waals surface area contributed by atoms with Crippen LogP contribution >= 0.6 is 0 Å². The van der Waals surface area contributed by atoms with Gasteiger partial charge in [-0.2, -0.15) is 0 Å². The van der Waals surface area contributed by atoms with Gasteiger partial charge in [-0.05, 0) is 18.2 Å². The maximum Gasteiger partial charge on any atom is 0.337 e. The van der Waals surface area contributed by atoms with E-state index in [4.69, 9.17) is 10.5 Å². The fourth-order valence-electron chi connectivity index (χ4n) is 2.09. The van der Waals surface area contributed by atoms with Gasteiger partial charge in [0.2, 0.25) is 6.43 Å². The zero-order valence-corrected chi connectivity index (χ0v) is 10.9. The highest BCUT2D eigenvalue weighted by Crippen LogP contribution is 2.28. The summed E-state index contributed by atoms with van der Waals surface area (Å²) in [4.78, 5) is 11.5. The third-order valence-corrected chi connectivity index (χ3v) is 3.26. The second kappa shape index (κ2) is 6.04. The summed E-state index contributed by atoms with van der Waals surface area (Å²) < 4.78 is 35.3. The van der Waals surface area contributed by atoms with Crippen molar-refractivity contribution in [1.29, 1.82) is 0 Å². The molecule has 20 heavy (non-hydrogen) atoms. The van der Waals surface area contributed by atoms with E-state index in [0.717, 1.165) is 0 Å². The molecule has 1 saturated heterocycles. The number of benzene rings is 1. The second-order valence-electron chi connectivity index (χ2n) is 4.58. The number of nitrogens with one attached hydrogen (secondary N) is 1. The summed E-state index contributed by atoms with van der Waals surface area (Å²) >= 11 is 0. The van der Waals surface area contributed by atoms with Crippen molar-refractivity contribution in [3.63, 3.8) is 0 Å². The number of hydrogen-bond acceptors (Lipinski definition) is 5. The molecule has 2 rings (SSSR count). The molecule has 0 spiro atoms. The average molecular weight is 286 g/mol. The predicted octanol–water partition coefficient (Wildman–Crippen LogP) is 1.75. The Hall–Kier alpha value is -1.89. The largest absolute Gasteiger partial charge is 0.465 e. The molecule has 1 aromatic rings. The zero-order valence-electron chi connectivity index (χ0n) is 10.9. The lowest BCUT2D eigenvalue weighted by Crippen LogP contribution is -2.32. The van der Waals surface area contributed by atoms with Gasteiger partial charge in [0.1, 0.15) is 0 Å². The van der Waals surface area contributed by atoms with Crippen LogP contribution in [0.3, 0.4) is 0 Å². The van der Waals surface area contributed by atoms with Gasteiger partial charge >= 0.3 is 5.97 Å². The van der Waals surface area contributed by atoms with Gasteiger partial charge in [-0.15, -0.1) is 0 Å². The van der Waals surface area contributed by atoms with Gasteiger partial charge in [-0.1, -0.05) is 0 Å². The Bertz CT molecular complexity index is 497. The summed E-state index contributed by atoms with van der Waals surface area (Å²) in [5.74, 6) is -1.41. The fraction of sp³-hybridized carbons (Fsp3) is 0.462. The number of nitrogen functional groups attached to an aromatic ring is 1. The molecule has 1 aliphatic heterocycles. The molecule has 2 atom stereocenters. The van der Waals surface area contributed by atoms with Crippen LogP contribution in [0.4, 0.5) is 20.2 Å². The Labute approximate surface area is 115 Å². The van der Waals surface area contributed by atoms with E-state index in [1.54, 1.807) is 0 Å². The normalized spacial score (nSPS) is 22.0. The molecule has 0 saturated carbocycles. The van der Waals surface area contributed by atoms with Gasteiger partial charge in [-0.3, -0.25) is 0 Å². The lowest BCUT2D eigenvalue weighted by molar-refractivity contribution is 0.0599. The first kappa shape index (κ1) is 14.5. The maximum absolute atomic E-state index is 12.8. The van der Waals surface area contributed by atoms with Crippen LogP contribution in [0.25, 0.3) is 0 Å². The Balaban J connectivity index is 2.18. The van der Waals surface area contributed by atoms with Gasteiger partial charge < -0.3 is 20.5 Å². The molecule has 0 aliphatic carbocycles. The molecule has 0 radical (unpaired) electrons. The first-order chi connectivity index (χ1) is 9.52. The Morgan fingerprint density at radius 3 is 2.90 bits per heavy atom. The Kier molecular flexibility index (Phi) is 4.39. The van der Waals surface area contributed by atoms with Crippen molar-refractivity contribution in [3.05, 3.63) is 23.8 Å². The van der Waals surface area contributed by atoms with Gasteiger partial charge in [0.05, 0.1) is 49.2 Å². The number of esters is 1. The zero-order chi connectivity index (χ0) is 14.7. The Morgan fingerprint density at radius 2 is 2.25 bits per heavy atom. The van der Waals surface area contributed by atoms with Crippen LogP contribution < -0.4 is 11.1 Å². The predicted molar refractivity (Wildman–Crippen MR) is 69.9 cm³/mol. The van der Waals surface area contributed by atoms with Crippen LogP contribution in [0.2, 0.25) is 0 Å². The minimum Gasteiger partial charge on any atom is -0.465 e. The lowest BCUT2D eigenvalue weighted by atomic mass is 10.0. The van der Waals surface area contributed by atoms with E-state index in [1.807, 2.05) is 0 Å². The van der Waals surface area contributed by atoms with Crippen molar-refractivity contribution >= 4 is 17.3 Å². The molecule has 0 amide bonds. The minimum absolute atomic E-state index is 0.00588. The number of ether oxygens (including phenoxy) is 2. The molecule has 2 unspecified atom stereocenters. The highest BCUT2D eigenvalue weighted by atomic mass is 19.3. The number of rotatable bonds is 4. The first-order valence-electron chi connectivity index (χ1n) is 6.13. The summed E-state index contributed by atoms with van der Waals surface area (Å²) in [6.45, 7) is 0.183. The van der Waals surface area contributed by atoms with Crippen LogP contribution in [0.1, 0.15) is 10.4 Å². The number of anilines is 2. The van der Waals surface area contributed by atoms with Crippen LogP contribution in [0.15, 0.2) is 18.2 Å². The first-order valence-corrected chi connectivity index (χ1v) is 6.13. The fourth-order valence-corrected chi connectivity index (χ4v) is 2.09. The summed E-state index contributed by atoms with van der Waals surface area (Å²) in [5.41, 5.74) is 6.89. The number of carbonyl (C=O) groups excluding carboxylic acids is 1. The third kappa shape index (κ3) is 2.98.